The zero-order valence-electron chi connectivity index (χ0n) is 9.61. The van der Waals surface area contributed by atoms with Crippen molar-refractivity contribution in [2.75, 3.05) is 7.11 Å². The van der Waals surface area contributed by atoms with Crippen LogP contribution in [0.25, 0.3) is 0 Å². The summed E-state index contributed by atoms with van der Waals surface area (Å²) in [7, 11) is -2.69. The molecular formula is C10H11BrClNO4S. The van der Waals surface area contributed by atoms with Crippen LogP contribution in [0, 0.1) is 0 Å². The molecule has 0 aromatic heterocycles. The molecule has 0 fully saturated rings. The molecule has 1 aromatic rings. The van der Waals surface area contributed by atoms with E-state index < -0.39 is 22.0 Å². The Morgan fingerprint density at radius 1 is 1.50 bits per heavy atom. The Bertz CT molecular complexity index is 561. The zero-order valence-corrected chi connectivity index (χ0v) is 12.8. The largest absolute Gasteiger partial charge is 0.468 e. The summed E-state index contributed by atoms with van der Waals surface area (Å²) in [5.74, 6) is -0.674. The second-order valence-corrected chi connectivity index (χ2v) is 6.45. The third-order valence-electron chi connectivity index (χ3n) is 2.07. The van der Waals surface area contributed by atoms with Crippen molar-refractivity contribution in [3.8, 4) is 0 Å². The molecule has 0 aliphatic heterocycles. The van der Waals surface area contributed by atoms with Crippen LogP contribution < -0.4 is 4.72 Å². The molecule has 0 unspecified atom stereocenters. The fourth-order valence-corrected chi connectivity index (χ4v) is 3.44. The second-order valence-electron chi connectivity index (χ2n) is 3.44. The number of carbonyl (C=O) groups excluding carboxylic acids is 1. The highest BCUT2D eigenvalue weighted by Crippen LogP contribution is 2.25. The van der Waals surface area contributed by atoms with Gasteiger partial charge in [-0.1, -0.05) is 27.5 Å². The average Bonchev–Trinajstić information content (AvgIpc) is 2.26. The third kappa shape index (κ3) is 3.68. The lowest BCUT2D eigenvalue weighted by Crippen LogP contribution is -2.39. The highest BCUT2D eigenvalue weighted by atomic mass is 79.9. The van der Waals surface area contributed by atoms with Crippen molar-refractivity contribution in [3.63, 3.8) is 0 Å². The van der Waals surface area contributed by atoms with Gasteiger partial charge in [-0.2, -0.15) is 4.72 Å². The molecule has 0 heterocycles. The summed E-state index contributed by atoms with van der Waals surface area (Å²) in [5.41, 5.74) is 0. The normalized spacial score (nSPS) is 13.1. The number of benzene rings is 1. The van der Waals surface area contributed by atoms with E-state index in [0.29, 0.717) is 4.47 Å². The first-order chi connectivity index (χ1) is 8.27. The summed E-state index contributed by atoms with van der Waals surface area (Å²) in [6.45, 7) is 1.39. The van der Waals surface area contributed by atoms with Crippen molar-refractivity contribution in [1.29, 1.82) is 0 Å². The van der Waals surface area contributed by atoms with E-state index in [-0.39, 0.29) is 9.92 Å². The minimum absolute atomic E-state index is 0.0638. The van der Waals surface area contributed by atoms with Gasteiger partial charge in [0.25, 0.3) is 0 Å². The van der Waals surface area contributed by atoms with E-state index in [1.807, 2.05) is 0 Å². The van der Waals surface area contributed by atoms with E-state index >= 15 is 0 Å². The lowest BCUT2D eigenvalue weighted by atomic mass is 10.4. The van der Waals surface area contributed by atoms with Gasteiger partial charge < -0.3 is 4.74 Å². The number of hydrogen-bond donors (Lipinski definition) is 1. The van der Waals surface area contributed by atoms with Gasteiger partial charge in [0.15, 0.2) is 0 Å². The van der Waals surface area contributed by atoms with Crippen LogP contribution in [0.5, 0.6) is 0 Å². The van der Waals surface area contributed by atoms with Gasteiger partial charge in [0.2, 0.25) is 10.0 Å². The van der Waals surface area contributed by atoms with Gasteiger partial charge in [0, 0.05) is 4.47 Å². The van der Waals surface area contributed by atoms with Crippen LogP contribution in [0.1, 0.15) is 6.92 Å². The molecule has 0 saturated carbocycles. The van der Waals surface area contributed by atoms with Gasteiger partial charge in [-0.15, -0.1) is 0 Å². The second kappa shape index (κ2) is 6.01. The molecule has 18 heavy (non-hydrogen) atoms. The summed E-state index contributed by atoms with van der Waals surface area (Å²) in [6.07, 6.45) is 0. The van der Waals surface area contributed by atoms with E-state index in [0.717, 1.165) is 0 Å². The Kier molecular flexibility index (Phi) is 5.15. The molecule has 8 heteroatoms. The van der Waals surface area contributed by atoms with Gasteiger partial charge in [0.05, 0.1) is 12.1 Å². The highest BCUT2D eigenvalue weighted by molar-refractivity contribution is 9.10. The molecule has 0 spiro atoms. The van der Waals surface area contributed by atoms with Crippen molar-refractivity contribution in [2.24, 2.45) is 0 Å². The monoisotopic (exact) mass is 355 g/mol. The van der Waals surface area contributed by atoms with Crippen LogP contribution in [0.2, 0.25) is 5.02 Å². The molecular weight excluding hydrogens is 346 g/mol. The van der Waals surface area contributed by atoms with Crippen LogP contribution >= 0.6 is 27.5 Å². The maximum atomic E-state index is 12.0. The summed E-state index contributed by atoms with van der Waals surface area (Å²) >= 11 is 9.02. The molecule has 0 aliphatic rings. The number of carbonyl (C=O) groups is 1. The maximum absolute atomic E-state index is 12.0. The smallest absolute Gasteiger partial charge is 0.323 e. The van der Waals surface area contributed by atoms with E-state index in [9.17, 15) is 13.2 Å². The van der Waals surface area contributed by atoms with Gasteiger partial charge >= 0.3 is 5.97 Å². The van der Waals surface area contributed by atoms with Crippen LogP contribution in [-0.4, -0.2) is 27.5 Å². The Morgan fingerprint density at radius 3 is 2.61 bits per heavy atom. The minimum Gasteiger partial charge on any atom is -0.468 e. The first-order valence-corrected chi connectivity index (χ1v) is 7.48. The minimum atomic E-state index is -3.87. The third-order valence-corrected chi connectivity index (χ3v) is 4.59. The molecule has 5 nitrogen and oxygen atoms in total. The lowest BCUT2D eigenvalue weighted by molar-refractivity contribution is -0.142. The Labute approximate surface area is 119 Å². The van der Waals surface area contributed by atoms with Crippen molar-refractivity contribution >= 4 is 43.5 Å². The number of rotatable bonds is 4. The molecule has 1 rings (SSSR count). The Morgan fingerprint density at radius 2 is 2.11 bits per heavy atom. The molecule has 0 radical (unpaired) electrons. The quantitative estimate of drug-likeness (QED) is 0.837. The number of nitrogens with one attached hydrogen (secondary N) is 1. The molecule has 1 N–H and O–H groups in total. The van der Waals surface area contributed by atoms with Crippen molar-refractivity contribution in [1.82, 2.24) is 4.72 Å². The topological polar surface area (TPSA) is 72.5 Å². The number of sulfonamides is 1. The zero-order chi connectivity index (χ0) is 13.9. The van der Waals surface area contributed by atoms with Crippen molar-refractivity contribution in [2.45, 2.75) is 17.9 Å². The predicted octanol–water partition coefficient (Wildman–Crippen LogP) is 1.94. The average molecular weight is 357 g/mol. The fraction of sp³-hybridized carbons (Fsp3) is 0.300. The number of methoxy groups -OCH3 is 1. The van der Waals surface area contributed by atoms with Crippen LogP contribution in [0.15, 0.2) is 27.6 Å². The summed E-state index contributed by atoms with van der Waals surface area (Å²) < 4.78 is 31.2. The number of halogens is 2. The standard InChI is InChI=1S/C10H11BrClNO4S/c1-6(10(14)17-2)13-18(15,16)9-4-3-7(11)5-8(9)12/h3-6,13H,1-2H3/t6-/m0/s1. The molecule has 1 aromatic carbocycles. The fourth-order valence-electron chi connectivity index (χ4n) is 1.21. The first kappa shape index (κ1) is 15.4. The molecule has 0 aliphatic carbocycles. The highest BCUT2D eigenvalue weighted by Gasteiger charge is 2.24. The SMILES string of the molecule is COC(=O)[C@H](C)NS(=O)(=O)c1ccc(Br)cc1Cl. The molecule has 1 atom stereocenters. The van der Waals surface area contributed by atoms with E-state index in [1.165, 1.54) is 26.2 Å². The van der Waals surface area contributed by atoms with E-state index in [1.54, 1.807) is 6.07 Å². The molecule has 100 valence electrons. The molecule has 0 bridgehead atoms. The van der Waals surface area contributed by atoms with Crippen LogP contribution in [0.3, 0.4) is 0 Å². The molecule has 0 saturated heterocycles. The summed E-state index contributed by atoms with van der Waals surface area (Å²) in [4.78, 5) is 11.1. The van der Waals surface area contributed by atoms with Gasteiger partial charge in [-0.25, -0.2) is 8.42 Å². The van der Waals surface area contributed by atoms with Crippen LogP contribution in [0.4, 0.5) is 0 Å². The summed E-state index contributed by atoms with van der Waals surface area (Å²) in [5, 5.41) is 0.0638. The predicted molar refractivity (Wildman–Crippen MR) is 71.0 cm³/mol. The number of ether oxygens (including phenoxy) is 1. The number of hydrogen-bond acceptors (Lipinski definition) is 4. The lowest BCUT2D eigenvalue weighted by Gasteiger charge is -2.13. The van der Waals surface area contributed by atoms with Gasteiger partial charge in [0.1, 0.15) is 10.9 Å². The van der Waals surface area contributed by atoms with Gasteiger partial charge in [-0.3, -0.25) is 4.79 Å². The van der Waals surface area contributed by atoms with Crippen LogP contribution in [-0.2, 0) is 19.6 Å². The Balaban J connectivity index is 3.04. The summed E-state index contributed by atoms with van der Waals surface area (Å²) in [6, 6.07) is 3.36. The van der Waals surface area contributed by atoms with Gasteiger partial charge in [-0.05, 0) is 25.1 Å². The Hall–Kier alpha value is -0.630. The van der Waals surface area contributed by atoms with E-state index in [2.05, 4.69) is 25.4 Å². The van der Waals surface area contributed by atoms with Crippen molar-refractivity contribution < 1.29 is 17.9 Å². The number of esters is 1. The van der Waals surface area contributed by atoms with E-state index in [4.69, 9.17) is 11.6 Å². The maximum Gasteiger partial charge on any atom is 0.323 e. The first-order valence-electron chi connectivity index (χ1n) is 4.83. The van der Waals surface area contributed by atoms with Crippen molar-refractivity contribution in [3.05, 3.63) is 27.7 Å². The molecule has 0 amide bonds.